The van der Waals surface area contributed by atoms with Gasteiger partial charge in [0.1, 0.15) is 0 Å². The van der Waals surface area contributed by atoms with Gasteiger partial charge in [0.25, 0.3) is 6.04 Å². The number of hydrogen-bond donors (Lipinski definition) is 0. The van der Waals surface area contributed by atoms with E-state index < -0.39 is 23.9 Å². The van der Waals surface area contributed by atoms with Crippen LogP contribution < -0.4 is 0 Å². The van der Waals surface area contributed by atoms with Gasteiger partial charge in [-0.15, -0.1) is 4.39 Å². The quantitative estimate of drug-likeness (QED) is 0.487. The number of rotatable bonds is 0. The molecule has 0 fully saturated rings. The second-order valence-corrected chi connectivity index (χ2v) is 4.17. The molecule has 0 amide bonds. The van der Waals surface area contributed by atoms with Gasteiger partial charge < -0.3 is 0 Å². The molecule has 0 aromatic heterocycles. The third-order valence-corrected chi connectivity index (χ3v) is 3.15. The van der Waals surface area contributed by atoms with E-state index in [4.69, 9.17) is 0 Å². The summed E-state index contributed by atoms with van der Waals surface area (Å²) in [6.07, 6.45) is 6.57. The van der Waals surface area contributed by atoms with Crippen molar-refractivity contribution in [1.29, 1.82) is 0 Å². The topological polar surface area (TPSA) is 37.1 Å². The van der Waals surface area contributed by atoms with Crippen molar-refractivity contribution in [2.24, 2.45) is 0 Å². The standard InChI is InChI=1S/C13H8F2NO2/c14-9-6-5-8-11(12(9)17)7-3-1-2-4-10(7)16(18)13(8)15/h1-6,9-10H/q+1. The number of allylic oxidation sites excluding steroid dienone is 6. The summed E-state index contributed by atoms with van der Waals surface area (Å²) in [5.74, 6) is -1.84. The van der Waals surface area contributed by atoms with Crippen LogP contribution in [0.5, 0.6) is 0 Å². The highest BCUT2D eigenvalue weighted by molar-refractivity contribution is 6.07. The molecule has 0 aromatic carbocycles. The summed E-state index contributed by atoms with van der Waals surface area (Å²) in [4.78, 5) is 23.5. The van der Waals surface area contributed by atoms with Gasteiger partial charge in [-0.3, -0.25) is 4.79 Å². The maximum absolute atomic E-state index is 13.9. The molecule has 2 aliphatic carbocycles. The average Bonchev–Trinajstić information content (AvgIpc) is 2.39. The van der Waals surface area contributed by atoms with Gasteiger partial charge >= 0.3 is 5.95 Å². The molecule has 3 rings (SSSR count). The molecule has 0 spiro atoms. The molecular weight excluding hydrogens is 240 g/mol. The highest BCUT2D eigenvalue weighted by Gasteiger charge is 2.45. The molecule has 3 nitrogen and oxygen atoms in total. The van der Waals surface area contributed by atoms with E-state index in [-0.39, 0.29) is 15.9 Å². The molecule has 1 aliphatic heterocycles. The van der Waals surface area contributed by atoms with Crippen molar-refractivity contribution in [3.8, 4) is 0 Å². The average molecular weight is 248 g/mol. The predicted octanol–water partition coefficient (Wildman–Crippen LogP) is 2.23. The zero-order chi connectivity index (χ0) is 12.9. The molecule has 5 heteroatoms. The van der Waals surface area contributed by atoms with Gasteiger partial charge in [-0.05, 0) is 18.2 Å². The number of halogens is 2. The Kier molecular flexibility index (Phi) is 2.23. The first-order valence-corrected chi connectivity index (χ1v) is 5.43. The summed E-state index contributed by atoms with van der Waals surface area (Å²) in [5, 5.41) is 0. The number of carbonyl (C=O) groups is 1. The van der Waals surface area contributed by atoms with Crippen molar-refractivity contribution in [2.45, 2.75) is 12.2 Å². The van der Waals surface area contributed by atoms with Gasteiger partial charge in [-0.2, -0.15) is 0 Å². The molecule has 0 saturated heterocycles. The van der Waals surface area contributed by atoms with Gasteiger partial charge in [0.05, 0.1) is 10.3 Å². The molecule has 2 atom stereocenters. The minimum absolute atomic E-state index is 0.0276. The molecule has 0 saturated carbocycles. The van der Waals surface area contributed by atoms with Gasteiger partial charge in [0.15, 0.2) is 6.17 Å². The third-order valence-electron chi connectivity index (χ3n) is 3.15. The number of nitroso groups, excluding NO2 is 1. The summed E-state index contributed by atoms with van der Waals surface area (Å²) < 4.78 is 27.4. The summed E-state index contributed by atoms with van der Waals surface area (Å²) in [7, 11) is 0. The second-order valence-electron chi connectivity index (χ2n) is 4.17. The lowest BCUT2D eigenvalue weighted by molar-refractivity contribution is -0.537. The Morgan fingerprint density at radius 2 is 1.94 bits per heavy atom. The summed E-state index contributed by atoms with van der Waals surface area (Å²) in [6.45, 7) is 0. The van der Waals surface area contributed by atoms with Crippen molar-refractivity contribution < 1.29 is 18.3 Å². The maximum Gasteiger partial charge on any atom is 0.416 e. The SMILES string of the molecule is O=C1C2=C3C=CC=CC3[N+](=O)C(F)=C2C=CC1F. The molecule has 1 heterocycles. The van der Waals surface area contributed by atoms with E-state index in [9.17, 15) is 18.5 Å². The van der Waals surface area contributed by atoms with Crippen LogP contribution in [0, 0.1) is 4.91 Å². The maximum atomic E-state index is 13.9. The van der Waals surface area contributed by atoms with Crippen LogP contribution in [0.25, 0.3) is 0 Å². The van der Waals surface area contributed by atoms with E-state index in [0.29, 0.717) is 5.57 Å². The van der Waals surface area contributed by atoms with Crippen molar-refractivity contribution in [1.82, 2.24) is 0 Å². The first kappa shape index (κ1) is 11.0. The fourth-order valence-electron chi connectivity index (χ4n) is 2.30. The van der Waals surface area contributed by atoms with Crippen LogP contribution in [0.2, 0.25) is 0 Å². The van der Waals surface area contributed by atoms with Crippen LogP contribution in [-0.2, 0) is 4.79 Å². The fourth-order valence-corrected chi connectivity index (χ4v) is 2.30. The minimum atomic E-state index is -1.78. The Labute approximate surface area is 101 Å². The minimum Gasteiger partial charge on any atom is -0.290 e. The summed E-state index contributed by atoms with van der Waals surface area (Å²) in [6, 6.07) is -0.892. The molecule has 90 valence electrons. The number of hydrogen-bond acceptors (Lipinski definition) is 2. The monoisotopic (exact) mass is 248 g/mol. The lowest BCUT2D eigenvalue weighted by atomic mass is 9.83. The first-order chi connectivity index (χ1) is 8.61. The summed E-state index contributed by atoms with van der Waals surface area (Å²) in [5.41, 5.74) is 0.191. The van der Waals surface area contributed by atoms with Crippen molar-refractivity contribution in [3.05, 3.63) is 64.0 Å². The van der Waals surface area contributed by atoms with E-state index in [1.165, 1.54) is 6.08 Å². The molecule has 3 aliphatic rings. The third kappa shape index (κ3) is 1.30. The zero-order valence-electron chi connectivity index (χ0n) is 9.14. The highest BCUT2D eigenvalue weighted by atomic mass is 19.1. The van der Waals surface area contributed by atoms with E-state index >= 15 is 0 Å². The Morgan fingerprint density at radius 1 is 1.17 bits per heavy atom. The van der Waals surface area contributed by atoms with Crippen LogP contribution in [0.1, 0.15) is 0 Å². The van der Waals surface area contributed by atoms with Crippen LogP contribution in [0.4, 0.5) is 8.78 Å². The first-order valence-electron chi connectivity index (χ1n) is 5.43. The van der Waals surface area contributed by atoms with Crippen molar-refractivity contribution in [2.75, 3.05) is 0 Å². The van der Waals surface area contributed by atoms with Crippen LogP contribution in [0.15, 0.2) is 59.1 Å². The fraction of sp³-hybridized carbons (Fsp3) is 0.154. The lowest BCUT2D eigenvalue weighted by Crippen LogP contribution is -2.34. The smallest absolute Gasteiger partial charge is 0.290 e. The molecule has 0 radical (unpaired) electrons. The number of carbonyl (C=O) groups excluding carboxylic acids is 1. The Morgan fingerprint density at radius 3 is 2.72 bits per heavy atom. The molecule has 18 heavy (non-hydrogen) atoms. The highest BCUT2D eigenvalue weighted by Crippen LogP contribution is 2.37. The van der Waals surface area contributed by atoms with Crippen molar-refractivity contribution >= 4 is 5.78 Å². The molecular formula is C13H8F2NO2+. The van der Waals surface area contributed by atoms with E-state index in [1.807, 2.05) is 0 Å². The number of Topliss-reactive ketones (excluding diaryl/α,β-unsaturated/α-hetero) is 1. The van der Waals surface area contributed by atoms with E-state index in [2.05, 4.69) is 0 Å². The number of alkyl halides is 1. The van der Waals surface area contributed by atoms with E-state index in [0.717, 1.165) is 12.2 Å². The Balaban J connectivity index is 2.31. The van der Waals surface area contributed by atoms with Crippen molar-refractivity contribution in [3.63, 3.8) is 0 Å². The summed E-state index contributed by atoms with van der Waals surface area (Å²) >= 11 is 0. The molecule has 0 aromatic rings. The second kappa shape index (κ2) is 3.66. The van der Waals surface area contributed by atoms with E-state index in [1.54, 1.807) is 18.2 Å². The van der Waals surface area contributed by atoms with Gasteiger partial charge in [-0.1, -0.05) is 18.2 Å². The predicted molar refractivity (Wildman–Crippen MR) is 59.9 cm³/mol. The molecule has 2 unspecified atom stereocenters. The van der Waals surface area contributed by atoms with Crippen LogP contribution in [-0.4, -0.2) is 22.8 Å². The van der Waals surface area contributed by atoms with Crippen LogP contribution >= 0.6 is 0 Å². The normalized spacial score (nSPS) is 29.9. The van der Waals surface area contributed by atoms with Crippen LogP contribution in [0.3, 0.4) is 0 Å². The number of ketones is 1. The Bertz CT molecular complexity index is 623. The van der Waals surface area contributed by atoms with Gasteiger partial charge in [0.2, 0.25) is 5.78 Å². The number of fused-ring (bicyclic) bond motifs is 2. The number of nitrogens with zero attached hydrogens (tertiary/aromatic N) is 1. The zero-order valence-corrected chi connectivity index (χ0v) is 9.14. The molecule has 0 bridgehead atoms. The van der Waals surface area contributed by atoms with Gasteiger partial charge in [-0.25, -0.2) is 4.39 Å². The molecule has 0 N–H and O–H groups in total. The lowest BCUT2D eigenvalue weighted by Gasteiger charge is -2.22. The van der Waals surface area contributed by atoms with Gasteiger partial charge in [0, 0.05) is 16.1 Å². The Hall–Kier alpha value is -2.17. The largest absolute Gasteiger partial charge is 0.416 e.